The van der Waals surface area contributed by atoms with Gasteiger partial charge in [0.25, 0.3) is 0 Å². The maximum Gasteiger partial charge on any atom is 0.191 e. The van der Waals surface area contributed by atoms with Crippen molar-refractivity contribution < 1.29 is 14.2 Å². The predicted octanol–water partition coefficient (Wildman–Crippen LogP) is 1.87. The van der Waals surface area contributed by atoms with Gasteiger partial charge in [-0.3, -0.25) is 0 Å². The second-order valence-electron chi connectivity index (χ2n) is 3.84. The van der Waals surface area contributed by atoms with Crippen molar-refractivity contribution in [3.05, 3.63) is 35.4 Å². The van der Waals surface area contributed by atoms with E-state index in [0.717, 1.165) is 5.56 Å². The summed E-state index contributed by atoms with van der Waals surface area (Å²) in [5.41, 5.74) is 0.795. The van der Waals surface area contributed by atoms with E-state index in [9.17, 15) is 0 Å². The second kappa shape index (κ2) is 6.55. The van der Waals surface area contributed by atoms with Crippen LogP contribution in [0.4, 0.5) is 0 Å². The van der Waals surface area contributed by atoms with Gasteiger partial charge in [0.05, 0.1) is 13.2 Å². The minimum absolute atomic E-state index is 0.0552. The van der Waals surface area contributed by atoms with E-state index in [0.29, 0.717) is 25.6 Å². The summed E-state index contributed by atoms with van der Waals surface area (Å²) in [5.74, 6) is 0.642. The zero-order valence-electron chi connectivity index (χ0n) is 10.2. The normalized spacial score (nSPS) is 14.4. The Morgan fingerprint density at radius 1 is 1.32 bits per heavy atom. The minimum atomic E-state index is -0.326. The fourth-order valence-corrected chi connectivity index (χ4v) is 1.62. The number of hydrogen-bond donors (Lipinski definition) is 0. The van der Waals surface area contributed by atoms with Crippen LogP contribution in [0.1, 0.15) is 5.56 Å². The van der Waals surface area contributed by atoms with E-state index in [1.807, 2.05) is 12.1 Å². The van der Waals surface area contributed by atoms with Crippen molar-refractivity contribution in [2.45, 2.75) is 6.29 Å². The van der Waals surface area contributed by atoms with Gasteiger partial charge in [-0.15, -0.1) is 0 Å². The summed E-state index contributed by atoms with van der Waals surface area (Å²) in [5, 5.41) is 17.4. The van der Waals surface area contributed by atoms with Crippen LogP contribution in [0.2, 0.25) is 0 Å². The van der Waals surface area contributed by atoms with Crippen molar-refractivity contribution in [1.29, 1.82) is 10.5 Å². The molecule has 0 N–H and O–H groups in total. The van der Waals surface area contributed by atoms with Gasteiger partial charge in [-0.05, 0) is 23.8 Å². The van der Waals surface area contributed by atoms with Crippen LogP contribution in [0.5, 0.6) is 5.75 Å². The molecule has 0 atom stereocenters. The molecular formula is C14H12N2O3. The Morgan fingerprint density at radius 2 is 2.05 bits per heavy atom. The second-order valence-corrected chi connectivity index (χ2v) is 3.84. The molecule has 1 fully saturated rings. The summed E-state index contributed by atoms with van der Waals surface area (Å²) >= 11 is 0. The Labute approximate surface area is 111 Å². The Hall–Kier alpha value is -2.34. The highest BCUT2D eigenvalue weighted by Crippen LogP contribution is 2.17. The number of nitriles is 2. The maximum atomic E-state index is 8.70. The van der Waals surface area contributed by atoms with E-state index < -0.39 is 0 Å². The molecule has 19 heavy (non-hydrogen) atoms. The van der Waals surface area contributed by atoms with E-state index in [4.69, 9.17) is 24.7 Å². The van der Waals surface area contributed by atoms with Gasteiger partial charge in [-0.2, -0.15) is 10.5 Å². The number of nitrogens with zero attached hydrogens (tertiary/aromatic N) is 2. The zero-order valence-corrected chi connectivity index (χ0v) is 10.2. The third kappa shape index (κ3) is 3.82. The van der Waals surface area contributed by atoms with Crippen molar-refractivity contribution in [1.82, 2.24) is 0 Å². The van der Waals surface area contributed by atoms with Gasteiger partial charge in [-0.1, -0.05) is 12.1 Å². The Balaban J connectivity index is 2.01. The molecule has 1 aromatic carbocycles. The van der Waals surface area contributed by atoms with Crippen molar-refractivity contribution in [2.24, 2.45) is 0 Å². The number of allylic oxidation sites excluding steroid dienone is 1. The lowest BCUT2D eigenvalue weighted by molar-refractivity contribution is -0.0684. The third-order valence-corrected chi connectivity index (χ3v) is 2.49. The summed E-state index contributed by atoms with van der Waals surface area (Å²) in [7, 11) is 0. The van der Waals surface area contributed by atoms with Gasteiger partial charge in [0.1, 0.15) is 30.1 Å². The van der Waals surface area contributed by atoms with Crippen molar-refractivity contribution in [3.8, 4) is 17.9 Å². The monoisotopic (exact) mass is 256 g/mol. The van der Waals surface area contributed by atoms with Crippen molar-refractivity contribution >= 4 is 6.08 Å². The first kappa shape index (κ1) is 13.1. The zero-order chi connectivity index (χ0) is 13.5. The topological polar surface area (TPSA) is 75.3 Å². The highest BCUT2D eigenvalue weighted by molar-refractivity contribution is 5.62. The first-order valence-electron chi connectivity index (χ1n) is 5.80. The van der Waals surface area contributed by atoms with E-state index in [1.54, 1.807) is 24.3 Å². The molecule has 0 radical (unpaired) electrons. The number of benzene rings is 1. The largest absolute Gasteiger partial charge is 0.488 e. The van der Waals surface area contributed by atoms with Crippen LogP contribution in [0.15, 0.2) is 29.8 Å². The number of rotatable bonds is 4. The fraction of sp³-hybridized carbons (Fsp3) is 0.286. The molecule has 0 spiro atoms. The molecule has 1 aromatic rings. The first-order valence-corrected chi connectivity index (χ1v) is 5.80. The summed E-state index contributed by atoms with van der Waals surface area (Å²) < 4.78 is 16.1. The highest BCUT2D eigenvalue weighted by Gasteiger charge is 2.16. The molecule has 0 saturated carbocycles. The van der Waals surface area contributed by atoms with Crippen LogP contribution in [-0.2, 0) is 9.47 Å². The van der Waals surface area contributed by atoms with Crippen LogP contribution in [0.25, 0.3) is 6.08 Å². The predicted molar refractivity (Wildman–Crippen MR) is 66.8 cm³/mol. The quantitative estimate of drug-likeness (QED) is 0.769. The molecule has 1 aliphatic rings. The average Bonchev–Trinajstić information content (AvgIpc) is 2.96. The standard InChI is InChI=1S/C14H12N2O3/c15-8-12(9-16)6-11-2-1-3-13(7-11)19-10-14-17-4-5-18-14/h1-3,6-7,14H,4-5,10H2. The molecule has 0 aromatic heterocycles. The van der Waals surface area contributed by atoms with Crippen molar-refractivity contribution in [3.63, 3.8) is 0 Å². The summed E-state index contributed by atoms with van der Waals surface area (Å²) in [6.07, 6.45) is 1.18. The molecule has 1 heterocycles. The number of hydrogen-bond acceptors (Lipinski definition) is 5. The molecular weight excluding hydrogens is 244 g/mol. The first-order chi connectivity index (χ1) is 9.31. The maximum absolute atomic E-state index is 8.70. The van der Waals surface area contributed by atoms with Gasteiger partial charge in [0, 0.05) is 0 Å². The molecule has 1 saturated heterocycles. The van der Waals surface area contributed by atoms with Crippen LogP contribution >= 0.6 is 0 Å². The number of ether oxygens (including phenoxy) is 3. The average molecular weight is 256 g/mol. The van der Waals surface area contributed by atoms with Gasteiger partial charge in [0.2, 0.25) is 0 Å². The van der Waals surface area contributed by atoms with Crippen molar-refractivity contribution in [2.75, 3.05) is 19.8 Å². The van der Waals surface area contributed by atoms with E-state index in [2.05, 4.69) is 0 Å². The molecule has 0 unspecified atom stereocenters. The smallest absolute Gasteiger partial charge is 0.191 e. The van der Waals surface area contributed by atoms with Crippen LogP contribution in [-0.4, -0.2) is 26.1 Å². The lowest BCUT2D eigenvalue weighted by atomic mass is 10.1. The minimum Gasteiger partial charge on any atom is -0.488 e. The molecule has 0 amide bonds. The Bertz CT molecular complexity index is 533. The SMILES string of the molecule is N#CC(C#N)=Cc1cccc(OCC2OCCO2)c1. The summed E-state index contributed by atoms with van der Waals surface area (Å²) in [6.45, 7) is 1.49. The molecule has 5 nitrogen and oxygen atoms in total. The van der Waals surface area contributed by atoms with E-state index in [-0.39, 0.29) is 11.9 Å². The van der Waals surface area contributed by atoms with Gasteiger partial charge < -0.3 is 14.2 Å². The summed E-state index contributed by atoms with van der Waals surface area (Å²) in [4.78, 5) is 0. The molecule has 0 aliphatic carbocycles. The lowest BCUT2D eigenvalue weighted by Crippen LogP contribution is -2.18. The van der Waals surface area contributed by atoms with Gasteiger partial charge in [-0.25, -0.2) is 0 Å². The third-order valence-electron chi connectivity index (χ3n) is 2.49. The molecule has 1 aliphatic heterocycles. The highest BCUT2D eigenvalue weighted by atomic mass is 16.7. The van der Waals surface area contributed by atoms with E-state index >= 15 is 0 Å². The molecule has 2 rings (SSSR count). The van der Waals surface area contributed by atoms with Crippen LogP contribution in [0.3, 0.4) is 0 Å². The van der Waals surface area contributed by atoms with Gasteiger partial charge >= 0.3 is 0 Å². The van der Waals surface area contributed by atoms with Crippen LogP contribution in [0, 0.1) is 22.7 Å². The van der Waals surface area contributed by atoms with Crippen LogP contribution < -0.4 is 4.74 Å². The summed E-state index contributed by atoms with van der Waals surface area (Å²) in [6, 6.07) is 10.8. The lowest BCUT2D eigenvalue weighted by Gasteiger charge is -2.11. The van der Waals surface area contributed by atoms with Gasteiger partial charge in [0.15, 0.2) is 6.29 Å². The van der Waals surface area contributed by atoms with E-state index in [1.165, 1.54) is 6.08 Å². The molecule has 5 heteroatoms. The molecule has 0 bridgehead atoms. The Kier molecular flexibility index (Phi) is 4.52. The fourth-order valence-electron chi connectivity index (χ4n) is 1.62. The Morgan fingerprint density at radius 3 is 2.74 bits per heavy atom. The molecule has 96 valence electrons.